The van der Waals surface area contributed by atoms with Gasteiger partial charge in [0.15, 0.2) is 0 Å². The smallest absolute Gasteiger partial charge is 0.255 e. The van der Waals surface area contributed by atoms with Crippen LogP contribution in [0.5, 0.6) is 0 Å². The van der Waals surface area contributed by atoms with Crippen molar-refractivity contribution < 1.29 is 0 Å². The summed E-state index contributed by atoms with van der Waals surface area (Å²) >= 11 is 0. The Labute approximate surface area is 108 Å². The maximum Gasteiger partial charge on any atom is 0.255 e. The van der Waals surface area contributed by atoms with Crippen LogP contribution in [-0.2, 0) is 19.3 Å². The van der Waals surface area contributed by atoms with Crippen LogP contribution in [-0.4, -0.2) is 4.57 Å². The summed E-state index contributed by atoms with van der Waals surface area (Å²) in [6, 6.07) is 4.30. The lowest BCUT2D eigenvalue weighted by atomic mass is 9.93. The van der Waals surface area contributed by atoms with Crippen molar-refractivity contribution in [3.63, 3.8) is 0 Å². The minimum atomic E-state index is 0.0477. The summed E-state index contributed by atoms with van der Waals surface area (Å²) in [5.74, 6) is 0. The zero-order chi connectivity index (χ0) is 13.1. The van der Waals surface area contributed by atoms with Gasteiger partial charge in [-0.25, -0.2) is 0 Å². The second-order valence-electron chi connectivity index (χ2n) is 5.12. The van der Waals surface area contributed by atoms with Gasteiger partial charge in [-0.1, -0.05) is 6.92 Å². The number of fused-ring (bicyclic) bond motifs is 1. The lowest BCUT2D eigenvalue weighted by molar-refractivity contribution is 0.472. The molecule has 0 saturated heterocycles. The van der Waals surface area contributed by atoms with E-state index in [-0.39, 0.29) is 18.0 Å². The van der Waals surface area contributed by atoms with Gasteiger partial charge in [-0.2, -0.15) is 5.26 Å². The van der Waals surface area contributed by atoms with Gasteiger partial charge in [0.05, 0.1) is 12.5 Å². The van der Waals surface area contributed by atoms with Gasteiger partial charge in [-0.15, -0.1) is 0 Å². The number of nitrogens with zero attached hydrogens (tertiary/aromatic N) is 2. The number of hydrogen-bond donors (Lipinski definition) is 0. The number of pyridine rings is 1. The van der Waals surface area contributed by atoms with Gasteiger partial charge < -0.3 is 4.57 Å². The van der Waals surface area contributed by atoms with E-state index in [0.717, 1.165) is 19.3 Å². The Morgan fingerprint density at radius 1 is 1.44 bits per heavy atom. The van der Waals surface area contributed by atoms with E-state index in [9.17, 15) is 4.79 Å². The molecule has 1 aliphatic carbocycles. The molecule has 1 aliphatic rings. The Bertz CT molecular complexity index is 537. The molecule has 1 unspecified atom stereocenters. The van der Waals surface area contributed by atoms with Crippen molar-refractivity contribution in [1.82, 2.24) is 4.57 Å². The fraction of sp³-hybridized carbons (Fsp3) is 0.600. The van der Waals surface area contributed by atoms with E-state index >= 15 is 0 Å². The van der Waals surface area contributed by atoms with Crippen LogP contribution in [0.1, 0.15) is 56.0 Å². The highest BCUT2D eigenvalue weighted by atomic mass is 16.1. The molecule has 1 aromatic rings. The van der Waals surface area contributed by atoms with E-state index in [4.69, 9.17) is 5.26 Å². The molecule has 1 heterocycles. The quantitative estimate of drug-likeness (QED) is 0.820. The highest BCUT2D eigenvalue weighted by Gasteiger charge is 2.19. The first-order valence-electron chi connectivity index (χ1n) is 6.82. The molecule has 1 aromatic heterocycles. The number of aromatic nitrogens is 1. The maximum atomic E-state index is 12.4. The summed E-state index contributed by atoms with van der Waals surface area (Å²) in [6.07, 6.45) is 5.58. The van der Waals surface area contributed by atoms with Crippen LogP contribution in [0.25, 0.3) is 0 Å². The Balaban J connectivity index is 2.63. The van der Waals surface area contributed by atoms with Gasteiger partial charge in [-0.05, 0) is 50.7 Å². The number of hydrogen-bond acceptors (Lipinski definition) is 2. The summed E-state index contributed by atoms with van der Waals surface area (Å²) in [5, 5.41) is 8.84. The molecule has 2 rings (SSSR count). The van der Waals surface area contributed by atoms with E-state index < -0.39 is 0 Å². The third kappa shape index (κ3) is 2.20. The third-order valence-corrected chi connectivity index (χ3v) is 3.91. The zero-order valence-corrected chi connectivity index (χ0v) is 11.2. The van der Waals surface area contributed by atoms with Crippen LogP contribution in [0.2, 0.25) is 0 Å². The SMILES string of the molecule is CCC(C)n1c2c(cc(CC#N)c1=O)CCCC2. The van der Waals surface area contributed by atoms with Gasteiger partial charge >= 0.3 is 0 Å². The molecule has 0 saturated carbocycles. The van der Waals surface area contributed by atoms with Crippen LogP contribution < -0.4 is 5.56 Å². The monoisotopic (exact) mass is 244 g/mol. The largest absolute Gasteiger partial charge is 0.309 e. The Kier molecular flexibility index (Phi) is 3.86. The van der Waals surface area contributed by atoms with Crippen molar-refractivity contribution in [1.29, 1.82) is 5.26 Å². The second kappa shape index (κ2) is 5.39. The molecular formula is C15H20N2O. The normalized spacial score (nSPS) is 15.8. The fourth-order valence-corrected chi connectivity index (χ4v) is 2.75. The van der Waals surface area contributed by atoms with Crippen LogP contribution >= 0.6 is 0 Å². The Morgan fingerprint density at radius 2 is 2.17 bits per heavy atom. The molecule has 18 heavy (non-hydrogen) atoms. The molecule has 0 aromatic carbocycles. The van der Waals surface area contributed by atoms with Crippen LogP contribution in [0.4, 0.5) is 0 Å². The minimum Gasteiger partial charge on any atom is -0.309 e. The lowest BCUT2D eigenvalue weighted by Crippen LogP contribution is -2.31. The van der Waals surface area contributed by atoms with Gasteiger partial charge in [0, 0.05) is 17.3 Å². The minimum absolute atomic E-state index is 0.0477. The van der Waals surface area contributed by atoms with Crippen LogP contribution in [0.3, 0.4) is 0 Å². The molecule has 0 N–H and O–H groups in total. The first-order valence-corrected chi connectivity index (χ1v) is 6.82. The summed E-state index contributed by atoms with van der Waals surface area (Å²) in [4.78, 5) is 12.4. The average Bonchev–Trinajstić information content (AvgIpc) is 2.39. The van der Waals surface area contributed by atoms with Crippen LogP contribution in [0, 0.1) is 11.3 Å². The predicted molar refractivity (Wildman–Crippen MR) is 71.7 cm³/mol. The fourth-order valence-electron chi connectivity index (χ4n) is 2.75. The average molecular weight is 244 g/mol. The maximum absolute atomic E-state index is 12.4. The van der Waals surface area contributed by atoms with Crippen molar-refractivity contribution in [2.45, 2.75) is 58.4 Å². The summed E-state index contributed by atoms with van der Waals surface area (Å²) in [5.41, 5.74) is 3.21. The van der Waals surface area contributed by atoms with Crippen molar-refractivity contribution in [2.24, 2.45) is 0 Å². The standard InChI is InChI=1S/C15H20N2O/c1-3-11(2)17-14-7-5-4-6-12(14)10-13(8-9-16)15(17)18/h10-11H,3-8H2,1-2H3. The summed E-state index contributed by atoms with van der Waals surface area (Å²) in [7, 11) is 0. The topological polar surface area (TPSA) is 45.8 Å². The molecule has 0 aliphatic heterocycles. The predicted octanol–water partition coefficient (Wildman–Crippen LogP) is 2.76. The summed E-state index contributed by atoms with van der Waals surface area (Å²) in [6.45, 7) is 4.19. The molecule has 0 fully saturated rings. The second-order valence-corrected chi connectivity index (χ2v) is 5.12. The Morgan fingerprint density at radius 3 is 2.83 bits per heavy atom. The zero-order valence-electron chi connectivity index (χ0n) is 11.2. The first kappa shape index (κ1) is 12.9. The van der Waals surface area contributed by atoms with Crippen molar-refractivity contribution in [2.75, 3.05) is 0 Å². The molecule has 96 valence electrons. The van der Waals surface area contributed by atoms with Gasteiger partial charge in [0.25, 0.3) is 5.56 Å². The van der Waals surface area contributed by atoms with Crippen molar-refractivity contribution in [3.05, 3.63) is 33.2 Å². The first-order chi connectivity index (χ1) is 8.69. The van der Waals surface area contributed by atoms with Gasteiger partial charge in [-0.3, -0.25) is 4.79 Å². The number of rotatable bonds is 3. The molecule has 0 bridgehead atoms. The van der Waals surface area contributed by atoms with Crippen molar-refractivity contribution >= 4 is 0 Å². The van der Waals surface area contributed by atoms with Gasteiger partial charge in [0.1, 0.15) is 0 Å². The van der Waals surface area contributed by atoms with Crippen molar-refractivity contribution in [3.8, 4) is 6.07 Å². The molecule has 3 heteroatoms. The molecule has 3 nitrogen and oxygen atoms in total. The van der Waals surface area contributed by atoms with E-state index in [1.807, 2.05) is 10.6 Å². The highest BCUT2D eigenvalue weighted by Crippen LogP contribution is 2.24. The van der Waals surface area contributed by atoms with E-state index in [0.29, 0.717) is 5.56 Å². The number of aryl methyl sites for hydroxylation is 1. The molecule has 0 spiro atoms. The number of nitriles is 1. The lowest BCUT2D eigenvalue weighted by Gasteiger charge is -2.25. The van der Waals surface area contributed by atoms with E-state index in [2.05, 4.69) is 19.9 Å². The third-order valence-electron chi connectivity index (χ3n) is 3.91. The molecule has 1 atom stereocenters. The van der Waals surface area contributed by atoms with Crippen LogP contribution in [0.15, 0.2) is 10.9 Å². The van der Waals surface area contributed by atoms with E-state index in [1.54, 1.807) is 0 Å². The summed E-state index contributed by atoms with van der Waals surface area (Å²) < 4.78 is 1.95. The highest BCUT2D eigenvalue weighted by molar-refractivity contribution is 5.30. The molecule has 0 amide bonds. The molecule has 0 radical (unpaired) electrons. The van der Waals surface area contributed by atoms with E-state index in [1.165, 1.54) is 24.1 Å². The Hall–Kier alpha value is -1.56. The van der Waals surface area contributed by atoms with Gasteiger partial charge in [0.2, 0.25) is 0 Å². The molecular weight excluding hydrogens is 224 g/mol.